The van der Waals surface area contributed by atoms with Crippen molar-refractivity contribution in [3.05, 3.63) is 50.4 Å². The predicted octanol–water partition coefficient (Wildman–Crippen LogP) is 0.128. The third kappa shape index (κ3) is 8.47. The van der Waals surface area contributed by atoms with Gasteiger partial charge < -0.3 is 29.7 Å². The Bertz CT molecular complexity index is 1590. The van der Waals surface area contributed by atoms with E-state index in [1.807, 2.05) is 24.6 Å². The minimum atomic E-state index is -3.97. The maximum Gasteiger partial charge on any atom is 0.275 e. The van der Waals surface area contributed by atoms with Gasteiger partial charge in [0.25, 0.3) is 5.56 Å². The van der Waals surface area contributed by atoms with Crippen LogP contribution in [0, 0.1) is 16.0 Å². The number of hydrogen-bond donors (Lipinski definition) is 6. The summed E-state index contributed by atoms with van der Waals surface area (Å²) in [4.78, 5) is 33.9. The Balaban J connectivity index is 0.00000177. The van der Waals surface area contributed by atoms with Crippen LogP contribution in [0.25, 0.3) is 22.4 Å². The van der Waals surface area contributed by atoms with Crippen LogP contribution in [0.1, 0.15) is 59.4 Å². The number of ether oxygens (including phenoxy) is 1. The number of aliphatic hydroxyl groups is 2. The normalized spacial score (nSPS) is 15.4. The number of aromatic nitrogens is 3. The molecule has 3 heterocycles. The summed E-state index contributed by atoms with van der Waals surface area (Å²) in [5, 5.41) is 38.4. The van der Waals surface area contributed by atoms with Gasteiger partial charge in [0.15, 0.2) is 5.34 Å². The second-order valence-electron chi connectivity index (χ2n) is 10.7. The number of aromatic amines is 1. The monoisotopic (exact) mass is 671 g/mol. The van der Waals surface area contributed by atoms with E-state index >= 15 is 0 Å². The Labute approximate surface area is 267 Å². The molecule has 0 bridgehead atoms. The van der Waals surface area contributed by atoms with Gasteiger partial charge in [-0.2, -0.15) is 4.31 Å². The van der Waals surface area contributed by atoms with E-state index in [1.165, 1.54) is 16.4 Å². The zero-order chi connectivity index (χ0) is 33.2. The van der Waals surface area contributed by atoms with Gasteiger partial charge in [-0.1, -0.05) is 27.7 Å². The van der Waals surface area contributed by atoms with Crippen LogP contribution in [0.3, 0.4) is 0 Å². The molecule has 0 spiro atoms. The van der Waals surface area contributed by atoms with Crippen molar-refractivity contribution in [3.63, 3.8) is 0 Å². The second kappa shape index (κ2) is 17.5. The third-order valence-electron chi connectivity index (χ3n) is 7.85. The molecule has 258 valence electrons. The Kier molecular flexibility index (Phi) is 14.7. The van der Waals surface area contributed by atoms with Crippen molar-refractivity contribution >= 4 is 21.1 Å². The lowest BCUT2D eigenvalue weighted by Crippen LogP contribution is -2.78. The molecule has 2 aromatic heterocycles. The first kappa shape index (κ1) is 38.7. The third-order valence-corrected chi connectivity index (χ3v) is 9.75. The number of rotatable bonds is 14. The van der Waals surface area contributed by atoms with E-state index in [1.54, 1.807) is 6.07 Å². The van der Waals surface area contributed by atoms with Crippen LogP contribution in [0.5, 0.6) is 5.75 Å². The molecule has 1 unspecified atom stereocenters. The molecule has 17 heteroatoms. The number of piperidine rings is 1. The zero-order valence-corrected chi connectivity index (χ0v) is 26.5. The first-order valence-corrected chi connectivity index (χ1v) is 16.3. The average Bonchev–Trinajstić information content (AvgIpc) is 3.41. The number of nitrogens with zero attached hydrogens (tertiary/aromatic N) is 3. The van der Waals surface area contributed by atoms with Gasteiger partial charge in [-0.25, -0.2) is 29.1 Å². The van der Waals surface area contributed by atoms with E-state index in [0.717, 1.165) is 24.8 Å². The summed E-state index contributed by atoms with van der Waals surface area (Å²) in [6, 6.07) is 4.54. The number of sulfonamides is 1. The highest BCUT2D eigenvalue weighted by Gasteiger charge is 2.41. The lowest BCUT2D eigenvalue weighted by atomic mass is 9.82. The average molecular weight is 672 g/mol. The van der Waals surface area contributed by atoms with Gasteiger partial charge in [0.2, 0.25) is 10.0 Å². The van der Waals surface area contributed by atoms with Gasteiger partial charge in [-0.05, 0) is 62.3 Å². The lowest BCUT2D eigenvalue weighted by Gasteiger charge is -2.39. The summed E-state index contributed by atoms with van der Waals surface area (Å²) < 4.78 is 36.7. The van der Waals surface area contributed by atoms with Crippen molar-refractivity contribution in [2.75, 3.05) is 32.9 Å². The van der Waals surface area contributed by atoms with Crippen LogP contribution in [0.15, 0.2) is 34.1 Å². The van der Waals surface area contributed by atoms with Crippen molar-refractivity contribution in [2.24, 2.45) is 5.92 Å². The summed E-state index contributed by atoms with van der Waals surface area (Å²) in [7, 11) is -3.97. The number of nitrogens with one attached hydrogen (secondary N) is 2. The van der Waals surface area contributed by atoms with Crippen LogP contribution in [-0.2, 0) is 27.8 Å². The van der Waals surface area contributed by atoms with Gasteiger partial charge in [-0.3, -0.25) is 4.79 Å². The van der Waals surface area contributed by atoms with Crippen molar-refractivity contribution in [2.45, 2.75) is 77.3 Å². The lowest BCUT2D eigenvalue weighted by molar-refractivity contribution is -0.853. The Morgan fingerprint density at radius 1 is 1.22 bits per heavy atom. The Hall–Kier alpha value is -3.45. The van der Waals surface area contributed by atoms with Crippen LogP contribution in [0.4, 0.5) is 0 Å². The van der Waals surface area contributed by atoms with Crippen molar-refractivity contribution in [1.82, 2.24) is 18.8 Å². The molecule has 1 aromatic carbocycles. The van der Waals surface area contributed by atoms with E-state index in [-0.39, 0.29) is 61.9 Å². The molecule has 3 aromatic rings. The molecule has 0 amide bonds. The number of hydrogen-bond acceptors (Lipinski definition) is 10. The number of H-pyrrole nitrogens is 1. The molecule has 7 N–H and O–H groups in total. The molecule has 1 atom stereocenters. The van der Waals surface area contributed by atoms with Crippen molar-refractivity contribution in [3.8, 4) is 17.1 Å². The van der Waals surface area contributed by atoms with Gasteiger partial charge >= 0.3 is 0 Å². The van der Waals surface area contributed by atoms with E-state index in [0.29, 0.717) is 40.8 Å². The van der Waals surface area contributed by atoms with Crippen LogP contribution in [0.2, 0.25) is 0 Å². The van der Waals surface area contributed by atoms with E-state index in [9.17, 15) is 28.6 Å². The highest BCUT2D eigenvalue weighted by atomic mass is 32.2. The smallest absolute Gasteiger partial charge is 0.275 e. The van der Waals surface area contributed by atoms with E-state index < -0.39 is 28.1 Å². The standard InChI is InChI=1S/C28H41N5O8S.CH4.HNO2/c1-4-7-19-16-32(6-3)25-24(19)29-26(30-27(25)35)22-15-21(8-9-23(22)40-14-5-2)42(38,39)33-12-10-20(11-13-33)28(36,17-34)18-41-31-37;;2-1-3/h8-9,15-16,20,34,36H,4-7,10-14,17-18,31H2,1-3H3,(H,29,30,35);1H4;1H/p+1. The fraction of sp³-hybridized carbons (Fsp3) is 0.586. The molecule has 1 aliphatic heterocycles. The van der Waals surface area contributed by atoms with Crippen LogP contribution in [-0.4, -0.2) is 81.2 Å². The number of nitrogens with two attached hydrogens (primary N) is 1. The minimum Gasteiger partial charge on any atom is -0.601 e. The molecule has 16 nitrogen and oxygen atoms in total. The van der Waals surface area contributed by atoms with Gasteiger partial charge in [0.05, 0.1) is 34.1 Å². The fourth-order valence-corrected chi connectivity index (χ4v) is 7.04. The summed E-state index contributed by atoms with van der Waals surface area (Å²) in [6.45, 7) is 6.20. The Morgan fingerprint density at radius 3 is 2.46 bits per heavy atom. The number of fused-ring (bicyclic) bond motifs is 1. The molecule has 46 heavy (non-hydrogen) atoms. The highest BCUT2D eigenvalue weighted by molar-refractivity contribution is 7.89. The summed E-state index contributed by atoms with van der Waals surface area (Å²) in [5.41, 5.74) is 0.627. The predicted molar refractivity (Wildman–Crippen MR) is 169 cm³/mol. The molecule has 1 fully saturated rings. The molecule has 0 radical (unpaired) electrons. The quantitative estimate of drug-likeness (QED) is 0.126. The zero-order valence-electron chi connectivity index (χ0n) is 25.7. The Morgan fingerprint density at radius 2 is 1.89 bits per heavy atom. The highest BCUT2D eigenvalue weighted by Crippen LogP contribution is 2.35. The van der Waals surface area contributed by atoms with Gasteiger partial charge in [0, 0.05) is 25.8 Å². The first-order chi connectivity index (χ1) is 21.5. The first-order valence-electron chi connectivity index (χ1n) is 14.8. The number of benzene rings is 1. The van der Waals surface area contributed by atoms with E-state index in [4.69, 9.17) is 24.7 Å². The van der Waals surface area contributed by atoms with Gasteiger partial charge in [0.1, 0.15) is 29.3 Å². The fourth-order valence-electron chi connectivity index (χ4n) is 5.55. The number of aliphatic hydroxyl groups excluding tert-OH is 1. The van der Waals surface area contributed by atoms with Gasteiger partial charge in [-0.15, -0.1) is 0 Å². The summed E-state index contributed by atoms with van der Waals surface area (Å²) in [6.07, 6.45) is 4.83. The maximum absolute atomic E-state index is 13.8. The summed E-state index contributed by atoms with van der Waals surface area (Å²) >= 11 is 0. The molecule has 0 saturated carbocycles. The molecular weight excluding hydrogens is 624 g/mol. The number of quaternary nitrogens is 1. The minimum absolute atomic E-state index is 0. The maximum atomic E-state index is 13.8. The van der Waals surface area contributed by atoms with Crippen molar-refractivity contribution in [1.29, 1.82) is 0 Å². The molecule has 4 rings (SSSR count). The molecular formula is C29H47N6O10S+. The SMILES string of the molecule is C.CCCOc1ccc(S(=O)(=O)N2CCC(C(O)(CO)CO[NH2+][O-])CC2)cc1-c1nc2c(CCC)cn(CC)c2c(=O)[nH]1.O=[NH+]O. The molecule has 0 aliphatic carbocycles. The van der Waals surface area contributed by atoms with Crippen molar-refractivity contribution < 1.29 is 44.4 Å². The topological polar surface area (TPSA) is 238 Å². The molecule has 1 saturated heterocycles. The van der Waals surface area contributed by atoms with Crippen LogP contribution < -0.4 is 21.3 Å². The largest absolute Gasteiger partial charge is 0.601 e. The number of aryl methyl sites for hydroxylation is 2. The van der Waals surface area contributed by atoms with Crippen LogP contribution >= 0.6 is 0 Å². The summed E-state index contributed by atoms with van der Waals surface area (Å²) in [5.74, 6) is 0.180. The molecule has 1 aliphatic rings. The second-order valence-corrected chi connectivity index (χ2v) is 12.7. The van der Waals surface area contributed by atoms with E-state index in [2.05, 4.69) is 11.9 Å².